The van der Waals surface area contributed by atoms with E-state index in [1.54, 1.807) is 0 Å². The molecule has 1 aromatic heterocycles. The third kappa shape index (κ3) is 3.26. The molecule has 108 valence electrons. The molecule has 3 nitrogen and oxygen atoms in total. The Hall–Kier alpha value is -2.26. The summed E-state index contributed by atoms with van der Waals surface area (Å²) in [6, 6.07) is 18.7. The van der Waals surface area contributed by atoms with E-state index in [0.717, 1.165) is 18.8 Å². The smallest absolute Gasteiger partial charge is 0.120 e. The molecule has 0 unspecified atom stereocenters. The molecule has 0 aliphatic rings. The van der Waals surface area contributed by atoms with Gasteiger partial charge in [-0.3, -0.25) is 0 Å². The Balaban J connectivity index is 1.72. The average Bonchev–Trinajstić information content (AvgIpc) is 2.94. The van der Waals surface area contributed by atoms with Crippen LogP contribution in [-0.2, 0) is 13.2 Å². The summed E-state index contributed by atoms with van der Waals surface area (Å²) >= 11 is 0. The van der Waals surface area contributed by atoms with Crippen molar-refractivity contribution >= 4 is 10.9 Å². The number of benzene rings is 2. The van der Waals surface area contributed by atoms with Gasteiger partial charge in [0.2, 0.25) is 0 Å². The van der Waals surface area contributed by atoms with Gasteiger partial charge in [0.25, 0.3) is 0 Å². The van der Waals surface area contributed by atoms with Crippen molar-refractivity contribution in [3.63, 3.8) is 0 Å². The molecule has 0 aliphatic carbocycles. The van der Waals surface area contributed by atoms with Crippen molar-refractivity contribution in [3.8, 4) is 5.75 Å². The quantitative estimate of drug-likeness (QED) is 0.748. The van der Waals surface area contributed by atoms with Crippen molar-refractivity contribution in [2.45, 2.75) is 13.2 Å². The number of ether oxygens (including phenoxy) is 1. The molecule has 0 saturated heterocycles. The van der Waals surface area contributed by atoms with Gasteiger partial charge in [0.15, 0.2) is 0 Å². The van der Waals surface area contributed by atoms with Gasteiger partial charge in [-0.25, -0.2) is 0 Å². The van der Waals surface area contributed by atoms with Gasteiger partial charge >= 0.3 is 0 Å². The minimum atomic E-state index is 0.604. The van der Waals surface area contributed by atoms with Crippen LogP contribution >= 0.6 is 0 Å². The van der Waals surface area contributed by atoms with Gasteiger partial charge < -0.3 is 14.6 Å². The van der Waals surface area contributed by atoms with Crippen LogP contribution in [0.1, 0.15) is 5.56 Å². The van der Waals surface area contributed by atoms with Gasteiger partial charge in [-0.05, 0) is 36.9 Å². The van der Waals surface area contributed by atoms with E-state index in [1.165, 1.54) is 16.5 Å². The number of rotatable bonds is 6. The topological polar surface area (TPSA) is 26.2 Å². The van der Waals surface area contributed by atoms with Crippen molar-refractivity contribution < 1.29 is 4.74 Å². The Morgan fingerprint density at radius 3 is 2.71 bits per heavy atom. The summed E-state index contributed by atoms with van der Waals surface area (Å²) in [5.41, 5.74) is 2.43. The van der Waals surface area contributed by atoms with Gasteiger partial charge in [0.05, 0.1) is 0 Å². The summed E-state index contributed by atoms with van der Waals surface area (Å²) in [4.78, 5) is 0. The normalized spacial score (nSPS) is 10.9. The molecule has 0 fully saturated rings. The first-order valence-corrected chi connectivity index (χ1v) is 7.27. The van der Waals surface area contributed by atoms with E-state index in [4.69, 9.17) is 4.74 Å². The van der Waals surface area contributed by atoms with E-state index in [1.807, 2.05) is 31.3 Å². The number of hydrogen-bond acceptors (Lipinski definition) is 2. The fourth-order valence-electron chi connectivity index (χ4n) is 2.44. The molecule has 0 amide bonds. The molecule has 2 aromatic carbocycles. The van der Waals surface area contributed by atoms with Gasteiger partial charge in [0.1, 0.15) is 12.4 Å². The van der Waals surface area contributed by atoms with Crippen LogP contribution in [0.5, 0.6) is 5.75 Å². The summed E-state index contributed by atoms with van der Waals surface area (Å²) in [6.45, 7) is 2.55. The van der Waals surface area contributed by atoms with Crippen molar-refractivity contribution in [2.24, 2.45) is 0 Å². The van der Waals surface area contributed by atoms with Crippen molar-refractivity contribution in [1.29, 1.82) is 0 Å². The van der Waals surface area contributed by atoms with Crippen LogP contribution in [-0.4, -0.2) is 18.2 Å². The molecule has 0 spiro atoms. The zero-order chi connectivity index (χ0) is 14.5. The average molecular weight is 280 g/mol. The summed E-state index contributed by atoms with van der Waals surface area (Å²) < 4.78 is 8.13. The second kappa shape index (κ2) is 6.46. The predicted octanol–water partition coefficient (Wildman–Crippen LogP) is 3.44. The largest absolute Gasteiger partial charge is 0.489 e. The highest BCUT2D eigenvalue weighted by Gasteiger charge is 2.03. The molecule has 3 aromatic rings. The van der Waals surface area contributed by atoms with Gasteiger partial charge in [0, 0.05) is 30.2 Å². The van der Waals surface area contributed by atoms with Crippen LogP contribution in [0.4, 0.5) is 0 Å². The maximum Gasteiger partial charge on any atom is 0.120 e. The fourth-order valence-corrected chi connectivity index (χ4v) is 2.44. The third-order valence-corrected chi connectivity index (χ3v) is 3.59. The molecule has 0 saturated carbocycles. The zero-order valence-electron chi connectivity index (χ0n) is 12.3. The molecule has 1 heterocycles. The highest BCUT2D eigenvalue weighted by atomic mass is 16.5. The van der Waals surface area contributed by atoms with Crippen LogP contribution in [0.3, 0.4) is 0 Å². The van der Waals surface area contributed by atoms with Crippen LogP contribution in [0, 0.1) is 0 Å². The Kier molecular flexibility index (Phi) is 4.22. The standard InChI is InChI=1S/C18H20N2O/c1-19-10-12-20-11-9-16-13-17(7-8-18(16)20)21-14-15-5-3-2-4-6-15/h2-9,11,13,19H,10,12,14H2,1H3. The SMILES string of the molecule is CNCCn1ccc2cc(OCc3ccccc3)ccc21. The van der Waals surface area contributed by atoms with Crippen molar-refractivity contribution in [1.82, 2.24) is 9.88 Å². The van der Waals surface area contributed by atoms with Gasteiger partial charge in [-0.1, -0.05) is 30.3 Å². The van der Waals surface area contributed by atoms with Crippen LogP contribution < -0.4 is 10.1 Å². The monoisotopic (exact) mass is 280 g/mol. The minimum Gasteiger partial charge on any atom is -0.489 e. The lowest BCUT2D eigenvalue weighted by atomic mass is 10.2. The molecule has 21 heavy (non-hydrogen) atoms. The molecule has 0 aliphatic heterocycles. The number of fused-ring (bicyclic) bond motifs is 1. The molecule has 0 atom stereocenters. The summed E-state index contributed by atoms with van der Waals surface area (Å²) in [7, 11) is 1.97. The number of likely N-dealkylation sites (N-methyl/N-ethyl adjacent to an activating group) is 1. The summed E-state index contributed by atoms with van der Waals surface area (Å²) in [5.74, 6) is 0.915. The molecule has 3 rings (SSSR count). The lowest BCUT2D eigenvalue weighted by Crippen LogP contribution is -2.14. The number of nitrogens with one attached hydrogen (secondary N) is 1. The lowest BCUT2D eigenvalue weighted by molar-refractivity contribution is 0.306. The van der Waals surface area contributed by atoms with Gasteiger partial charge in [-0.15, -0.1) is 0 Å². The molecular weight excluding hydrogens is 260 g/mol. The molecular formula is C18H20N2O. The van der Waals surface area contributed by atoms with Crippen molar-refractivity contribution in [3.05, 3.63) is 66.4 Å². The van der Waals surface area contributed by atoms with E-state index in [2.05, 4.69) is 46.4 Å². The van der Waals surface area contributed by atoms with E-state index in [-0.39, 0.29) is 0 Å². The summed E-state index contributed by atoms with van der Waals surface area (Å²) in [5, 5.41) is 4.39. The first-order valence-electron chi connectivity index (χ1n) is 7.27. The first kappa shape index (κ1) is 13.7. The fraction of sp³-hybridized carbons (Fsp3) is 0.222. The Morgan fingerprint density at radius 2 is 1.90 bits per heavy atom. The molecule has 0 radical (unpaired) electrons. The van der Waals surface area contributed by atoms with E-state index >= 15 is 0 Å². The lowest BCUT2D eigenvalue weighted by Gasteiger charge is -2.08. The second-order valence-corrected chi connectivity index (χ2v) is 5.11. The zero-order valence-corrected chi connectivity index (χ0v) is 12.3. The Morgan fingerprint density at radius 1 is 1.05 bits per heavy atom. The van der Waals surface area contributed by atoms with Gasteiger partial charge in [-0.2, -0.15) is 0 Å². The number of aromatic nitrogens is 1. The maximum atomic E-state index is 5.87. The number of nitrogens with zero attached hydrogens (tertiary/aromatic N) is 1. The van der Waals surface area contributed by atoms with Crippen molar-refractivity contribution in [2.75, 3.05) is 13.6 Å². The third-order valence-electron chi connectivity index (χ3n) is 3.59. The van der Waals surface area contributed by atoms with Crippen LogP contribution in [0.25, 0.3) is 10.9 Å². The first-order chi connectivity index (χ1) is 10.4. The minimum absolute atomic E-state index is 0.604. The highest BCUT2D eigenvalue weighted by Crippen LogP contribution is 2.22. The highest BCUT2D eigenvalue weighted by molar-refractivity contribution is 5.81. The Bertz CT molecular complexity index is 704. The predicted molar refractivity (Wildman–Crippen MR) is 86.6 cm³/mol. The maximum absolute atomic E-state index is 5.87. The number of hydrogen-bond donors (Lipinski definition) is 1. The second-order valence-electron chi connectivity index (χ2n) is 5.11. The molecule has 3 heteroatoms. The Labute approximate surface area is 125 Å². The molecule has 0 bridgehead atoms. The van der Waals surface area contributed by atoms with E-state index in [9.17, 15) is 0 Å². The molecule has 1 N–H and O–H groups in total. The summed E-state index contributed by atoms with van der Waals surface area (Å²) in [6.07, 6.45) is 2.13. The van der Waals surface area contributed by atoms with E-state index in [0.29, 0.717) is 6.61 Å². The van der Waals surface area contributed by atoms with E-state index < -0.39 is 0 Å². The van der Waals surface area contributed by atoms with Crippen LogP contribution in [0.15, 0.2) is 60.8 Å². The van der Waals surface area contributed by atoms with Crippen LogP contribution in [0.2, 0.25) is 0 Å².